The summed E-state index contributed by atoms with van der Waals surface area (Å²) in [4.78, 5) is 14.4. The summed E-state index contributed by atoms with van der Waals surface area (Å²) in [5, 5.41) is 3.27. The molecule has 0 fully saturated rings. The first-order chi connectivity index (χ1) is 13.3. The number of aryl methyl sites for hydroxylation is 2. The molecular formula is C21H27ClN2O4. The predicted molar refractivity (Wildman–Crippen MR) is 112 cm³/mol. The highest BCUT2D eigenvalue weighted by Crippen LogP contribution is 2.35. The molecule has 0 aliphatic carbocycles. The molecule has 0 atom stereocenters. The predicted octanol–water partition coefficient (Wildman–Crippen LogP) is 4.05. The van der Waals surface area contributed by atoms with Gasteiger partial charge in [0.15, 0.2) is 0 Å². The summed E-state index contributed by atoms with van der Waals surface area (Å²) < 4.78 is 15.9. The number of anilines is 1. The fourth-order valence-electron chi connectivity index (χ4n) is 3.21. The van der Waals surface area contributed by atoms with Crippen LogP contribution < -0.4 is 19.5 Å². The SMILES string of the molecule is COc1cc(NC(=O)CN(C)Cc2cc(C)c(OC)c(C)c2)c(OC)cc1Cl. The highest BCUT2D eigenvalue weighted by molar-refractivity contribution is 6.32. The Balaban J connectivity index is 2.05. The Morgan fingerprint density at radius 3 is 2.14 bits per heavy atom. The third-order valence-corrected chi connectivity index (χ3v) is 4.63. The lowest BCUT2D eigenvalue weighted by Crippen LogP contribution is -2.30. The van der Waals surface area contributed by atoms with Crippen LogP contribution in [0.4, 0.5) is 5.69 Å². The van der Waals surface area contributed by atoms with Gasteiger partial charge in [0, 0.05) is 18.7 Å². The van der Waals surface area contributed by atoms with Gasteiger partial charge in [0.2, 0.25) is 5.91 Å². The van der Waals surface area contributed by atoms with Crippen molar-refractivity contribution in [2.24, 2.45) is 0 Å². The minimum Gasteiger partial charge on any atom is -0.496 e. The van der Waals surface area contributed by atoms with E-state index in [2.05, 4.69) is 17.4 Å². The number of amides is 1. The molecule has 0 aromatic heterocycles. The molecular weight excluding hydrogens is 380 g/mol. The Morgan fingerprint density at radius 2 is 1.61 bits per heavy atom. The average molecular weight is 407 g/mol. The summed E-state index contributed by atoms with van der Waals surface area (Å²) in [6.07, 6.45) is 0. The molecule has 2 aromatic carbocycles. The number of carbonyl (C=O) groups excluding carboxylic acids is 1. The van der Waals surface area contributed by atoms with Gasteiger partial charge in [0.25, 0.3) is 0 Å². The smallest absolute Gasteiger partial charge is 0.238 e. The summed E-state index contributed by atoms with van der Waals surface area (Å²) in [6, 6.07) is 7.42. The molecule has 6 nitrogen and oxygen atoms in total. The number of rotatable bonds is 8. The number of nitrogens with zero attached hydrogens (tertiary/aromatic N) is 1. The van der Waals surface area contributed by atoms with Crippen LogP contribution in [0.15, 0.2) is 24.3 Å². The second kappa shape index (κ2) is 9.66. The van der Waals surface area contributed by atoms with Crippen LogP contribution in [-0.2, 0) is 11.3 Å². The lowest BCUT2D eigenvalue weighted by atomic mass is 10.1. The highest BCUT2D eigenvalue weighted by Gasteiger charge is 2.14. The molecule has 152 valence electrons. The number of nitrogens with one attached hydrogen (secondary N) is 1. The first-order valence-corrected chi connectivity index (χ1v) is 9.20. The highest BCUT2D eigenvalue weighted by atomic mass is 35.5. The molecule has 1 amide bonds. The van der Waals surface area contributed by atoms with E-state index in [9.17, 15) is 4.79 Å². The van der Waals surface area contributed by atoms with E-state index < -0.39 is 0 Å². The standard InChI is InChI=1S/C21H27ClN2O4/c1-13-7-15(8-14(2)21(13)28-6)11-24(3)12-20(25)23-17-10-18(26-4)16(22)9-19(17)27-5/h7-10H,11-12H2,1-6H3,(H,23,25). The molecule has 0 spiro atoms. The van der Waals surface area contributed by atoms with Crippen molar-refractivity contribution in [3.8, 4) is 17.2 Å². The molecule has 0 unspecified atom stereocenters. The molecule has 0 aliphatic rings. The van der Waals surface area contributed by atoms with Crippen molar-refractivity contribution < 1.29 is 19.0 Å². The van der Waals surface area contributed by atoms with Gasteiger partial charge in [-0.15, -0.1) is 0 Å². The number of carbonyl (C=O) groups is 1. The Bertz CT molecular complexity index is 832. The molecule has 2 aromatic rings. The number of likely N-dealkylation sites (N-methyl/N-ethyl adjacent to an activating group) is 1. The Morgan fingerprint density at radius 1 is 1.00 bits per heavy atom. The molecule has 2 rings (SSSR count). The quantitative estimate of drug-likeness (QED) is 0.716. The molecule has 0 saturated carbocycles. The van der Waals surface area contributed by atoms with E-state index in [-0.39, 0.29) is 12.5 Å². The van der Waals surface area contributed by atoms with Crippen LogP contribution in [0.5, 0.6) is 17.2 Å². The van der Waals surface area contributed by atoms with Gasteiger partial charge >= 0.3 is 0 Å². The lowest BCUT2D eigenvalue weighted by molar-refractivity contribution is -0.117. The van der Waals surface area contributed by atoms with Crippen molar-refractivity contribution in [2.45, 2.75) is 20.4 Å². The van der Waals surface area contributed by atoms with E-state index in [1.54, 1.807) is 19.2 Å². The minimum absolute atomic E-state index is 0.160. The van der Waals surface area contributed by atoms with E-state index in [1.807, 2.05) is 25.8 Å². The van der Waals surface area contributed by atoms with Crippen molar-refractivity contribution in [2.75, 3.05) is 40.2 Å². The maximum atomic E-state index is 12.5. The minimum atomic E-state index is -0.160. The molecule has 28 heavy (non-hydrogen) atoms. The topological polar surface area (TPSA) is 60.0 Å². The van der Waals surface area contributed by atoms with Crippen LogP contribution in [0.3, 0.4) is 0 Å². The van der Waals surface area contributed by atoms with Gasteiger partial charge in [-0.2, -0.15) is 0 Å². The third kappa shape index (κ3) is 5.30. The van der Waals surface area contributed by atoms with Gasteiger partial charge in [0.1, 0.15) is 17.2 Å². The van der Waals surface area contributed by atoms with Gasteiger partial charge in [0.05, 0.1) is 38.6 Å². The van der Waals surface area contributed by atoms with E-state index in [4.69, 9.17) is 25.8 Å². The van der Waals surface area contributed by atoms with Crippen molar-refractivity contribution >= 4 is 23.2 Å². The van der Waals surface area contributed by atoms with Crippen LogP contribution in [0.2, 0.25) is 5.02 Å². The van der Waals surface area contributed by atoms with Gasteiger partial charge in [-0.3, -0.25) is 9.69 Å². The van der Waals surface area contributed by atoms with Gasteiger partial charge in [-0.25, -0.2) is 0 Å². The Kier molecular flexibility index (Phi) is 7.54. The van der Waals surface area contributed by atoms with Crippen LogP contribution in [0, 0.1) is 13.8 Å². The maximum absolute atomic E-state index is 12.5. The Labute approximate surface area is 171 Å². The Hall–Kier alpha value is -2.44. The van der Waals surface area contributed by atoms with Crippen LogP contribution in [0.25, 0.3) is 0 Å². The van der Waals surface area contributed by atoms with Crippen LogP contribution >= 0.6 is 11.6 Å². The van der Waals surface area contributed by atoms with Gasteiger partial charge < -0.3 is 19.5 Å². The number of methoxy groups -OCH3 is 3. The normalized spacial score (nSPS) is 10.7. The summed E-state index contributed by atoms with van der Waals surface area (Å²) >= 11 is 6.10. The zero-order chi connectivity index (χ0) is 20.8. The summed E-state index contributed by atoms with van der Waals surface area (Å²) in [7, 11) is 6.61. The second-order valence-electron chi connectivity index (χ2n) is 6.67. The van der Waals surface area contributed by atoms with Crippen molar-refractivity contribution in [3.05, 3.63) is 46.0 Å². The second-order valence-corrected chi connectivity index (χ2v) is 7.08. The molecule has 0 aliphatic heterocycles. The zero-order valence-corrected chi connectivity index (χ0v) is 17.9. The number of hydrogen-bond donors (Lipinski definition) is 1. The van der Waals surface area contributed by atoms with Gasteiger partial charge in [-0.05, 0) is 37.6 Å². The van der Waals surface area contributed by atoms with E-state index >= 15 is 0 Å². The summed E-state index contributed by atoms with van der Waals surface area (Å²) in [5.41, 5.74) is 3.79. The molecule has 0 bridgehead atoms. The maximum Gasteiger partial charge on any atom is 0.238 e. The number of ether oxygens (including phenoxy) is 3. The first-order valence-electron chi connectivity index (χ1n) is 8.83. The molecule has 0 heterocycles. The van der Waals surface area contributed by atoms with Crippen molar-refractivity contribution in [1.29, 1.82) is 0 Å². The monoisotopic (exact) mass is 406 g/mol. The molecule has 7 heteroatoms. The lowest BCUT2D eigenvalue weighted by Gasteiger charge is -2.19. The average Bonchev–Trinajstić information content (AvgIpc) is 2.62. The van der Waals surface area contributed by atoms with Gasteiger partial charge in [-0.1, -0.05) is 23.7 Å². The zero-order valence-electron chi connectivity index (χ0n) is 17.2. The third-order valence-electron chi connectivity index (χ3n) is 4.34. The summed E-state index contributed by atoms with van der Waals surface area (Å²) in [6.45, 7) is 4.89. The number of benzene rings is 2. The molecule has 1 N–H and O–H groups in total. The van der Waals surface area contributed by atoms with E-state index in [0.717, 1.165) is 22.4 Å². The van der Waals surface area contributed by atoms with Crippen LogP contribution in [-0.4, -0.2) is 45.7 Å². The van der Waals surface area contributed by atoms with E-state index in [0.29, 0.717) is 28.8 Å². The molecule has 0 radical (unpaired) electrons. The van der Waals surface area contributed by atoms with Crippen LogP contribution in [0.1, 0.15) is 16.7 Å². The van der Waals surface area contributed by atoms with E-state index in [1.165, 1.54) is 14.2 Å². The first kappa shape index (κ1) is 21.9. The fraction of sp³-hybridized carbons (Fsp3) is 0.381. The number of halogens is 1. The number of hydrogen-bond acceptors (Lipinski definition) is 5. The summed E-state index contributed by atoms with van der Waals surface area (Å²) in [5.74, 6) is 1.68. The van der Waals surface area contributed by atoms with Crippen molar-refractivity contribution in [1.82, 2.24) is 4.90 Å². The van der Waals surface area contributed by atoms with Crippen molar-refractivity contribution in [3.63, 3.8) is 0 Å². The fourth-order valence-corrected chi connectivity index (χ4v) is 3.44. The largest absolute Gasteiger partial charge is 0.496 e. The molecule has 0 saturated heterocycles.